The SMILES string of the molecule is COc1ccc(C(=O)N(Cc2ccc(F)cc2)C2CC(=O)N(c3ccc(-c4nc5ccc(C)cc5s4)cc3)C2=O)cc1. The summed E-state index contributed by atoms with van der Waals surface area (Å²) in [7, 11) is 1.53. The number of benzene rings is 4. The van der Waals surface area contributed by atoms with Gasteiger partial charge in [0.15, 0.2) is 0 Å². The molecule has 9 heteroatoms. The number of fused-ring (bicyclic) bond motifs is 1. The van der Waals surface area contributed by atoms with E-state index in [1.54, 1.807) is 59.9 Å². The van der Waals surface area contributed by atoms with Gasteiger partial charge < -0.3 is 9.64 Å². The van der Waals surface area contributed by atoms with Gasteiger partial charge in [0.05, 0.1) is 29.4 Å². The van der Waals surface area contributed by atoms with E-state index in [0.717, 1.165) is 31.3 Å². The smallest absolute Gasteiger partial charge is 0.257 e. The Kier molecular flexibility index (Phi) is 7.26. The highest BCUT2D eigenvalue weighted by atomic mass is 32.1. The molecule has 4 aromatic carbocycles. The van der Waals surface area contributed by atoms with Crippen molar-refractivity contribution in [2.24, 2.45) is 0 Å². The number of methoxy groups -OCH3 is 1. The minimum Gasteiger partial charge on any atom is -0.497 e. The first-order valence-electron chi connectivity index (χ1n) is 13.3. The molecule has 1 aliphatic heterocycles. The number of thiazole rings is 1. The maximum absolute atomic E-state index is 13.8. The number of imide groups is 1. The lowest BCUT2D eigenvalue weighted by atomic mass is 10.1. The molecule has 0 aliphatic carbocycles. The van der Waals surface area contributed by atoms with Gasteiger partial charge in [0.1, 0.15) is 22.6 Å². The van der Waals surface area contributed by atoms with Gasteiger partial charge in [-0.3, -0.25) is 14.4 Å². The number of amides is 3. The number of hydrogen-bond acceptors (Lipinski definition) is 6. The Labute approximate surface area is 245 Å². The Bertz CT molecular complexity index is 1800. The average molecular weight is 580 g/mol. The molecule has 1 saturated heterocycles. The average Bonchev–Trinajstić information content (AvgIpc) is 3.56. The summed E-state index contributed by atoms with van der Waals surface area (Å²) < 4.78 is 19.9. The van der Waals surface area contributed by atoms with Crippen LogP contribution in [0.5, 0.6) is 5.75 Å². The molecule has 1 aliphatic rings. The molecule has 0 N–H and O–H groups in total. The largest absolute Gasteiger partial charge is 0.497 e. The summed E-state index contributed by atoms with van der Waals surface area (Å²) in [6.07, 6.45) is -0.166. The van der Waals surface area contributed by atoms with Crippen molar-refractivity contribution >= 4 is 45.0 Å². The Morgan fingerprint density at radius 2 is 1.71 bits per heavy atom. The molecule has 2 heterocycles. The second-order valence-electron chi connectivity index (χ2n) is 10.1. The molecule has 0 radical (unpaired) electrons. The van der Waals surface area contributed by atoms with Crippen LogP contribution in [0, 0.1) is 12.7 Å². The quantitative estimate of drug-likeness (QED) is 0.209. The van der Waals surface area contributed by atoms with Crippen molar-refractivity contribution in [3.05, 3.63) is 114 Å². The number of rotatable bonds is 7. The topological polar surface area (TPSA) is 79.8 Å². The Morgan fingerprint density at radius 3 is 2.40 bits per heavy atom. The predicted molar refractivity (Wildman–Crippen MR) is 160 cm³/mol. The van der Waals surface area contributed by atoms with Gasteiger partial charge in [-0.15, -0.1) is 11.3 Å². The van der Waals surface area contributed by atoms with Crippen LogP contribution >= 0.6 is 11.3 Å². The van der Waals surface area contributed by atoms with E-state index in [9.17, 15) is 18.8 Å². The number of nitrogens with zero attached hydrogens (tertiary/aromatic N) is 3. The molecule has 0 bridgehead atoms. The molecule has 210 valence electrons. The van der Waals surface area contributed by atoms with E-state index in [0.29, 0.717) is 22.6 Å². The van der Waals surface area contributed by atoms with Gasteiger partial charge in [-0.1, -0.05) is 18.2 Å². The zero-order valence-electron chi connectivity index (χ0n) is 22.9. The lowest BCUT2D eigenvalue weighted by Crippen LogP contribution is -2.45. The van der Waals surface area contributed by atoms with Crippen molar-refractivity contribution in [1.82, 2.24) is 9.88 Å². The summed E-state index contributed by atoms with van der Waals surface area (Å²) in [5.74, 6) is -1.14. The van der Waals surface area contributed by atoms with Gasteiger partial charge in [0.2, 0.25) is 5.91 Å². The van der Waals surface area contributed by atoms with Gasteiger partial charge in [-0.2, -0.15) is 0 Å². The number of carbonyl (C=O) groups is 3. The van der Waals surface area contributed by atoms with E-state index >= 15 is 0 Å². The van der Waals surface area contributed by atoms with Crippen molar-refractivity contribution in [2.45, 2.75) is 25.9 Å². The molecule has 42 heavy (non-hydrogen) atoms. The third-order valence-corrected chi connectivity index (χ3v) is 8.35. The normalized spacial score (nSPS) is 14.9. The van der Waals surface area contributed by atoms with Gasteiger partial charge >= 0.3 is 0 Å². The highest BCUT2D eigenvalue weighted by Gasteiger charge is 2.44. The first-order valence-corrected chi connectivity index (χ1v) is 14.2. The highest BCUT2D eigenvalue weighted by Crippen LogP contribution is 2.33. The van der Waals surface area contributed by atoms with Crippen LogP contribution in [0.25, 0.3) is 20.8 Å². The lowest BCUT2D eigenvalue weighted by Gasteiger charge is -2.28. The van der Waals surface area contributed by atoms with Crippen LogP contribution in [-0.2, 0) is 16.1 Å². The molecule has 1 unspecified atom stereocenters. The van der Waals surface area contributed by atoms with Gasteiger partial charge in [-0.25, -0.2) is 14.3 Å². The number of anilines is 1. The number of hydrogen-bond donors (Lipinski definition) is 0. The van der Waals surface area contributed by atoms with Crippen LogP contribution in [0.3, 0.4) is 0 Å². The van der Waals surface area contributed by atoms with Crippen LogP contribution in [0.1, 0.15) is 27.9 Å². The second kappa shape index (κ2) is 11.2. The Morgan fingerprint density at radius 1 is 1.00 bits per heavy atom. The fourth-order valence-electron chi connectivity index (χ4n) is 5.05. The number of halogens is 1. The van der Waals surface area contributed by atoms with E-state index in [1.165, 1.54) is 24.1 Å². The van der Waals surface area contributed by atoms with Crippen LogP contribution in [-0.4, -0.2) is 40.8 Å². The summed E-state index contributed by atoms with van der Waals surface area (Å²) in [4.78, 5) is 47.9. The molecule has 3 amide bonds. The highest BCUT2D eigenvalue weighted by molar-refractivity contribution is 7.21. The number of ether oxygens (including phenoxy) is 1. The van der Waals surface area contributed by atoms with Crippen LogP contribution < -0.4 is 9.64 Å². The third kappa shape index (κ3) is 5.26. The Hall–Kier alpha value is -4.89. The van der Waals surface area contributed by atoms with E-state index in [1.807, 2.05) is 31.2 Å². The first-order chi connectivity index (χ1) is 20.3. The van der Waals surface area contributed by atoms with E-state index < -0.39 is 29.6 Å². The number of carbonyl (C=O) groups excluding carboxylic acids is 3. The monoisotopic (exact) mass is 579 g/mol. The summed E-state index contributed by atoms with van der Waals surface area (Å²) in [6, 6.07) is 24.5. The molecule has 7 nitrogen and oxygen atoms in total. The minimum atomic E-state index is -1.02. The van der Waals surface area contributed by atoms with Crippen molar-refractivity contribution in [3.8, 4) is 16.3 Å². The molecule has 1 fully saturated rings. The summed E-state index contributed by atoms with van der Waals surface area (Å²) in [5, 5.41) is 0.842. The van der Waals surface area contributed by atoms with Crippen LogP contribution in [0.4, 0.5) is 10.1 Å². The van der Waals surface area contributed by atoms with Gasteiger partial charge in [-0.05, 0) is 90.8 Å². The molecule has 0 saturated carbocycles. The molecule has 1 aromatic heterocycles. The van der Waals surface area contributed by atoms with Crippen LogP contribution in [0.15, 0.2) is 91.0 Å². The molecule has 6 rings (SSSR count). The molecular weight excluding hydrogens is 553 g/mol. The summed E-state index contributed by atoms with van der Waals surface area (Å²) in [5.41, 5.74) is 4.35. The first kappa shape index (κ1) is 27.3. The fourth-order valence-corrected chi connectivity index (χ4v) is 6.12. The van der Waals surface area contributed by atoms with Crippen molar-refractivity contribution < 1.29 is 23.5 Å². The van der Waals surface area contributed by atoms with Gasteiger partial charge in [0, 0.05) is 17.7 Å². The van der Waals surface area contributed by atoms with E-state index in [-0.39, 0.29) is 13.0 Å². The third-order valence-electron chi connectivity index (χ3n) is 7.28. The van der Waals surface area contributed by atoms with Gasteiger partial charge in [0.25, 0.3) is 11.8 Å². The van der Waals surface area contributed by atoms with E-state index in [4.69, 9.17) is 9.72 Å². The maximum Gasteiger partial charge on any atom is 0.257 e. The fraction of sp³-hybridized carbons (Fsp3) is 0.152. The second-order valence-corrected chi connectivity index (χ2v) is 11.1. The zero-order chi connectivity index (χ0) is 29.4. The van der Waals surface area contributed by atoms with E-state index in [2.05, 4.69) is 6.07 Å². The van der Waals surface area contributed by atoms with Crippen molar-refractivity contribution in [1.29, 1.82) is 0 Å². The zero-order valence-corrected chi connectivity index (χ0v) is 23.7. The molecule has 5 aromatic rings. The number of aryl methyl sites for hydroxylation is 1. The summed E-state index contributed by atoms with van der Waals surface area (Å²) in [6.45, 7) is 2.06. The molecule has 0 spiro atoms. The molecular formula is C33H26FN3O4S. The van der Waals surface area contributed by atoms with Crippen LogP contribution in [0.2, 0.25) is 0 Å². The predicted octanol–water partition coefficient (Wildman–Crippen LogP) is 6.39. The molecule has 1 atom stereocenters. The number of aromatic nitrogens is 1. The Balaban J connectivity index is 1.28. The summed E-state index contributed by atoms with van der Waals surface area (Å²) >= 11 is 1.58. The van der Waals surface area contributed by atoms with Crippen molar-refractivity contribution in [2.75, 3.05) is 12.0 Å². The maximum atomic E-state index is 13.8. The minimum absolute atomic E-state index is 0.0265. The van der Waals surface area contributed by atoms with Crippen molar-refractivity contribution in [3.63, 3.8) is 0 Å². The standard InChI is InChI=1S/C33H26FN3O4S/c1-20-3-16-27-29(17-20)42-31(35-27)22-6-12-25(13-7-22)37-30(38)18-28(33(37)40)36(19-21-4-10-24(34)11-5-21)32(39)23-8-14-26(41-2)15-9-23/h3-17,28H,18-19H2,1-2H3. The lowest BCUT2D eigenvalue weighted by molar-refractivity contribution is -0.122.